The molecule has 3 saturated heterocycles. The summed E-state index contributed by atoms with van der Waals surface area (Å²) in [5.41, 5.74) is 0. The Labute approximate surface area is 159 Å². The van der Waals surface area contributed by atoms with Gasteiger partial charge in [-0.25, -0.2) is 0 Å². The first kappa shape index (κ1) is 20.8. The van der Waals surface area contributed by atoms with Crippen molar-refractivity contribution in [1.82, 2.24) is 29.3 Å². The Morgan fingerprint density at radius 1 is 0.600 bits per heavy atom. The fourth-order valence-corrected chi connectivity index (χ4v) is 7.75. The Balaban J connectivity index is 1.58. The van der Waals surface area contributed by atoms with Crippen molar-refractivity contribution < 1.29 is 0 Å². The van der Waals surface area contributed by atoms with Crippen molar-refractivity contribution in [3.8, 4) is 0 Å². The van der Waals surface area contributed by atoms with E-state index in [1.54, 1.807) is 0 Å². The minimum atomic E-state index is -0.164. The number of hydrogen-bond donors (Lipinski definition) is 3. The van der Waals surface area contributed by atoms with Gasteiger partial charge in [0.15, 0.2) is 0 Å². The lowest BCUT2D eigenvalue weighted by Crippen LogP contribution is -2.64. The maximum atomic E-state index is 3.91. The van der Waals surface area contributed by atoms with Crippen LogP contribution in [-0.2, 0) is 0 Å². The third-order valence-electron chi connectivity index (χ3n) is 5.42. The summed E-state index contributed by atoms with van der Waals surface area (Å²) in [5, 5.41) is 11.7. The van der Waals surface area contributed by atoms with Crippen LogP contribution in [0.3, 0.4) is 0 Å². The third kappa shape index (κ3) is 6.28. The average molecular weight is 406 g/mol. The van der Waals surface area contributed by atoms with Crippen LogP contribution in [0.5, 0.6) is 0 Å². The van der Waals surface area contributed by atoms with Crippen LogP contribution in [0.25, 0.3) is 0 Å². The van der Waals surface area contributed by atoms with Gasteiger partial charge in [0, 0.05) is 65.9 Å². The number of rotatable bonds is 10. The molecule has 25 heavy (non-hydrogen) atoms. The normalized spacial score (nSPS) is 27.5. The van der Waals surface area contributed by atoms with Gasteiger partial charge in [-0.2, -0.15) is 0 Å². The van der Waals surface area contributed by atoms with E-state index in [-0.39, 0.29) is 5.79 Å². The summed E-state index contributed by atoms with van der Waals surface area (Å²) in [6, 6.07) is 0. The molecule has 0 bridgehead atoms. The zero-order valence-electron chi connectivity index (χ0n) is 15.9. The zero-order chi connectivity index (χ0) is 17.5. The van der Waals surface area contributed by atoms with Gasteiger partial charge in [0.25, 0.3) is 0 Å². The molecule has 0 aromatic heterocycles. The van der Waals surface area contributed by atoms with Crippen LogP contribution in [0, 0.1) is 5.92 Å². The highest BCUT2D eigenvalue weighted by molar-refractivity contribution is 7.35. The molecule has 3 atom stereocenters. The molecule has 0 spiro atoms. The Morgan fingerprint density at radius 2 is 0.880 bits per heavy atom. The number of nitrogens with zero attached hydrogens (tertiary/aromatic N) is 3. The van der Waals surface area contributed by atoms with Crippen LogP contribution in [-0.4, -0.2) is 59.1 Å². The third-order valence-corrected chi connectivity index (χ3v) is 9.23. The first-order valence-electron chi connectivity index (χ1n) is 10.0. The van der Waals surface area contributed by atoms with E-state index in [0.29, 0.717) is 32.6 Å². The van der Waals surface area contributed by atoms with E-state index in [4.69, 9.17) is 0 Å². The van der Waals surface area contributed by atoms with Gasteiger partial charge in [0.2, 0.25) is 0 Å². The first-order chi connectivity index (χ1) is 12.2. The summed E-state index contributed by atoms with van der Waals surface area (Å²) < 4.78 is 7.75. The van der Waals surface area contributed by atoms with Gasteiger partial charge >= 0.3 is 0 Å². The van der Waals surface area contributed by atoms with E-state index in [1.807, 2.05) is 0 Å². The Bertz CT molecular complexity index is 332. The summed E-state index contributed by atoms with van der Waals surface area (Å²) >= 11 is 0. The van der Waals surface area contributed by atoms with Gasteiger partial charge in [-0.1, -0.05) is 13.8 Å². The smallest absolute Gasteiger partial charge is 0.137 e. The first-order valence-corrected chi connectivity index (χ1v) is 12.9. The molecule has 3 aliphatic rings. The molecule has 0 amide bonds. The number of hydrogen-bond acceptors (Lipinski definition) is 6. The van der Waals surface area contributed by atoms with Crippen molar-refractivity contribution in [2.24, 2.45) is 5.92 Å². The summed E-state index contributed by atoms with van der Waals surface area (Å²) in [6.45, 7) is 12.2. The molecule has 9 heteroatoms. The molecule has 3 fully saturated rings. The molecule has 0 saturated carbocycles. The van der Waals surface area contributed by atoms with E-state index in [0.717, 1.165) is 0 Å². The molecule has 0 aliphatic carbocycles. The lowest BCUT2D eigenvalue weighted by atomic mass is 10.1. The monoisotopic (exact) mass is 406 g/mol. The molecule has 3 heterocycles. The highest BCUT2D eigenvalue weighted by Gasteiger charge is 2.35. The Morgan fingerprint density at radius 3 is 1.12 bits per heavy atom. The molecular weight excluding hydrogens is 369 g/mol. The van der Waals surface area contributed by atoms with Crippen LogP contribution in [0.15, 0.2) is 0 Å². The van der Waals surface area contributed by atoms with Gasteiger partial charge in [-0.15, -0.1) is 0 Å². The molecular formula is C16H37N6P3. The second-order valence-corrected chi connectivity index (χ2v) is 11.1. The highest BCUT2D eigenvalue weighted by atomic mass is 31.1. The standard InChI is InChI=1S/C16H37N6P3/c1-15(2)16(17-23-20-9-3-4-10-20,18-24-21-11-5-6-12-21)19-25-22-13-7-8-14-22/h15,17-19,23-25H,3-14H2,1-2H3. The largest absolute Gasteiger partial charge is 0.272 e. The molecule has 3 aliphatic heterocycles. The molecule has 6 nitrogen and oxygen atoms in total. The fraction of sp³-hybridized carbons (Fsp3) is 1.00. The molecule has 0 radical (unpaired) electrons. The molecule has 3 unspecified atom stereocenters. The fourth-order valence-electron chi connectivity index (χ4n) is 3.52. The molecule has 146 valence electrons. The SMILES string of the molecule is CC(C)C(NPN1CCCC1)(NPN1CCCC1)NPN1CCCC1. The van der Waals surface area contributed by atoms with E-state index in [2.05, 4.69) is 43.1 Å². The summed E-state index contributed by atoms with van der Waals surface area (Å²) in [7, 11) is 2.10. The van der Waals surface area contributed by atoms with Crippen LogP contribution in [0.4, 0.5) is 0 Å². The lowest BCUT2D eigenvalue weighted by molar-refractivity contribution is 0.243. The van der Waals surface area contributed by atoms with Gasteiger partial charge in [-0.3, -0.25) is 29.3 Å². The van der Waals surface area contributed by atoms with Crippen LogP contribution >= 0.6 is 26.6 Å². The molecule has 0 aromatic rings. The minimum absolute atomic E-state index is 0.164. The van der Waals surface area contributed by atoms with Gasteiger partial charge in [0.1, 0.15) is 5.79 Å². The van der Waals surface area contributed by atoms with Crippen molar-refractivity contribution in [2.45, 2.75) is 58.2 Å². The van der Waals surface area contributed by atoms with Crippen LogP contribution in [0.2, 0.25) is 0 Å². The second kappa shape index (κ2) is 10.6. The summed E-state index contributed by atoms with van der Waals surface area (Å²) in [4.78, 5) is 0. The van der Waals surface area contributed by atoms with Crippen LogP contribution in [0.1, 0.15) is 52.4 Å². The van der Waals surface area contributed by atoms with Gasteiger partial charge in [0.05, 0.1) is 0 Å². The van der Waals surface area contributed by atoms with Gasteiger partial charge < -0.3 is 0 Å². The van der Waals surface area contributed by atoms with Crippen molar-refractivity contribution in [2.75, 3.05) is 39.3 Å². The lowest BCUT2D eigenvalue weighted by Gasteiger charge is -2.42. The topological polar surface area (TPSA) is 45.8 Å². The second-order valence-electron chi connectivity index (χ2n) is 7.76. The number of nitrogens with one attached hydrogen (secondary N) is 3. The molecule has 3 rings (SSSR count). The van der Waals surface area contributed by atoms with E-state index in [9.17, 15) is 0 Å². The quantitative estimate of drug-likeness (QED) is 0.383. The maximum absolute atomic E-state index is 3.91. The molecule has 3 N–H and O–H groups in total. The summed E-state index contributed by atoms with van der Waals surface area (Å²) in [6.07, 6.45) is 8.14. The highest BCUT2D eigenvalue weighted by Crippen LogP contribution is 2.33. The molecule has 0 aromatic carbocycles. The van der Waals surface area contributed by atoms with Crippen LogP contribution < -0.4 is 15.3 Å². The van der Waals surface area contributed by atoms with Crippen molar-refractivity contribution in [3.05, 3.63) is 0 Å². The zero-order valence-corrected chi connectivity index (χ0v) is 18.9. The predicted octanol–water partition coefficient (Wildman–Crippen LogP) is 2.88. The van der Waals surface area contributed by atoms with E-state index in [1.165, 1.54) is 77.8 Å². The average Bonchev–Trinajstić information content (AvgIpc) is 3.37. The Hall–Kier alpha value is 1.05. The van der Waals surface area contributed by atoms with Crippen molar-refractivity contribution in [1.29, 1.82) is 0 Å². The Kier molecular flexibility index (Phi) is 8.77. The maximum Gasteiger partial charge on any atom is 0.137 e. The van der Waals surface area contributed by atoms with E-state index >= 15 is 0 Å². The van der Waals surface area contributed by atoms with Gasteiger partial charge in [-0.05, 0) is 44.4 Å². The van der Waals surface area contributed by atoms with Crippen molar-refractivity contribution >= 4 is 26.6 Å². The predicted molar refractivity (Wildman–Crippen MR) is 114 cm³/mol. The summed E-state index contributed by atoms with van der Waals surface area (Å²) in [5.74, 6) is 0.330. The van der Waals surface area contributed by atoms with E-state index < -0.39 is 0 Å². The minimum Gasteiger partial charge on any atom is -0.272 e. The van der Waals surface area contributed by atoms with Crippen molar-refractivity contribution in [3.63, 3.8) is 0 Å².